The number of thioether (sulfide) groups is 1. The van der Waals surface area contributed by atoms with Gasteiger partial charge in [0.1, 0.15) is 5.54 Å². The van der Waals surface area contributed by atoms with E-state index in [2.05, 4.69) is 14.9 Å². The molecule has 0 aliphatic rings. The molecule has 1 unspecified atom stereocenters. The third-order valence-electron chi connectivity index (χ3n) is 2.23. The molecule has 6 nitrogen and oxygen atoms in total. The van der Waals surface area contributed by atoms with Gasteiger partial charge in [0.05, 0.1) is 7.11 Å². The largest absolute Gasteiger partial charge is 0.468 e. The molecule has 0 saturated heterocycles. The predicted molar refractivity (Wildman–Crippen MR) is 63.6 cm³/mol. The minimum atomic E-state index is -0.930. The molecule has 0 spiro atoms. The van der Waals surface area contributed by atoms with Gasteiger partial charge in [0.2, 0.25) is 5.89 Å². The van der Waals surface area contributed by atoms with Crippen LogP contribution in [0.15, 0.2) is 9.64 Å². The highest BCUT2D eigenvalue weighted by Crippen LogP contribution is 2.19. The fraction of sp³-hybridized carbons (Fsp3) is 0.700. The van der Waals surface area contributed by atoms with Crippen molar-refractivity contribution in [3.05, 3.63) is 5.89 Å². The summed E-state index contributed by atoms with van der Waals surface area (Å²) in [6.07, 6.45) is 1.33. The highest BCUT2D eigenvalue weighted by Gasteiger charge is 2.28. The maximum atomic E-state index is 11.3. The van der Waals surface area contributed by atoms with Crippen LogP contribution in [-0.4, -0.2) is 34.6 Å². The monoisotopic (exact) mass is 259 g/mol. The maximum absolute atomic E-state index is 11.3. The molecule has 0 aromatic carbocycles. The van der Waals surface area contributed by atoms with E-state index in [9.17, 15) is 4.79 Å². The fourth-order valence-corrected chi connectivity index (χ4v) is 2.01. The standard InChI is InChI=1S/C10H17N3O3S/c1-7-12-13-9(16-7)17-6-4-5-10(2,11)8(14)15-3/h4-6,11H2,1-3H3. The quantitative estimate of drug-likeness (QED) is 0.465. The summed E-state index contributed by atoms with van der Waals surface area (Å²) in [6, 6.07) is 0. The van der Waals surface area contributed by atoms with Crippen LogP contribution in [0.2, 0.25) is 0 Å². The van der Waals surface area contributed by atoms with E-state index >= 15 is 0 Å². The van der Waals surface area contributed by atoms with Gasteiger partial charge in [-0.15, -0.1) is 10.2 Å². The molecular weight excluding hydrogens is 242 g/mol. The molecule has 1 rings (SSSR count). The number of hydrogen-bond acceptors (Lipinski definition) is 7. The SMILES string of the molecule is COC(=O)C(C)(N)CCCSc1nnc(C)o1. The topological polar surface area (TPSA) is 91.2 Å². The van der Waals surface area contributed by atoms with Gasteiger partial charge >= 0.3 is 5.97 Å². The molecule has 1 heterocycles. The van der Waals surface area contributed by atoms with Crippen molar-refractivity contribution in [2.75, 3.05) is 12.9 Å². The zero-order valence-corrected chi connectivity index (χ0v) is 11.0. The summed E-state index contributed by atoms with van der Waals surface area (Å²) in [6.45, 7) is 3.41. The Labute approximate surface area is 104 Å². The van der Waals surface area contributed by atoms with Crippen molar-refractivity contribution >= 4 is 17.7 Å². The van der Waals surface area contributed by atoms with Crippen molar-refractivity contribution in [2.24, 2.45) is 5.73 Å². The molecule has 0 radical (unpaired) electrons. The van der Waals surface area contributed by atoms with Crippen LogP contribution in [0.5, 0.6) is 0 Å². The van der Waals surface area contributed by atoms with Crippen molar-refractivity contribution in [3.8, 4) is 0 Å². The predicted octanol–water partition coefficient (Wildman–Crippen LogP) is 1.14. The molecule has 0 fully saturated rings. The van der Waals surface area contributed by atoms with Gasteiger partial charge in [-0.3, -0.25) is 4.79 Å². The average Bonchev–Trinajstić information content (AvgIpc) is 2.69. The lowest BCUT2D eigenvalue weighted by Crippen LogP contribution is -2.45. The third-order valence-corrected chi connectivity index (χ3v) is 3.13. The summed E-state index contributed by atoms with van der Waals surface area (Å²) in [5.41, 5.74) is 4.89. The molecular formula is C10H17N3O3S. The highest BCUT2D eigenvalue weighted by molar-refractivity contribution is 7.99. The summed E-state index contributed by atoms with van der Waals surface area (Å²) in [7, 11) is 1.34. The molecule has 96 valence electrons. The number of carbonyl (C=O) groups excluding carboxylic acids is 1. The van der Waals surface area contributed by atoms with Gasteiger partial charge in [0.15, 0.2) is 0 Å². The first-order valence-electron chi connectivity index (χ1n) is 5.26. The second kappa shape index (κ2) is 6.02. The van der Waals surface area contributed by atoms with E-state index < -0.39 is 11.5 Å². The second-order valence-electron chi connectivity index (χ2n) is 3.95. The number of aromatic nitrogens is 2. The van der Waals surface area contributed by atoms with Crippen LogP contribution >= 0.6 is 11.8 Å². The van der Waals surface area contributed by atoms with Crippen LogP contribution in [0, 0.1) is 6.92 Å². The summed E-state index contributed by atoms with van der Waals surface area (Å²) >= 11 is 1.45. The molecule has 17 heavy (non-hydrogen) atoms. The highest BCUT2D eigenvalue weighted by atomic mass is 32.2. The van der Waals surface area contributed by atoms with Crippen molar-refractivity contribution < 1.29 is 13.9 Å². The lowest BCUT2D eigenvalue weighted by atomic mass is 9.98. The molecule has 1 aromatic rings. The smallest absolute Gasteiger partial charge is 0.325 e. The lowest BCUT2D eigenvalue weighted by molar-refractivity contribution is -0.146. The van der Waals surface area contributed by atoms with Gasteiger partial charge in [-0.1, -0.05) is 11.8 Å². The maximum Gasteiger partial charge on any atom is 0.325 e. The number of rotatable bonds is 6. The fourth-order valence-electron chi connectivity index (χ4n) is 1.27. The van der Waals surface area contributed by atoms with E-state index in [0.29, 0.717) is 17.5 Å². The Hall–Kier alpha value is -1.08. The molecule has 0 aliphatic carbocycles. The Morgan fingerprint density at radius 2 is 2.29 bits per heavy atom. The van der Waals surface area contributed by atoms with Crippen LogP contribution in [0.25, 0.3) is 0 Å². The van der Waals surface area contributed by atoms with E-state index in [1.807, 2.05) is 0 Å². The minimum absolute atomic E-state index is 0.392. The van der Waals surface area contributed by atoms with Gasteiger partial charge in [-0.25, -0.2) is 0 Å². The third kappa shape index (κ3) is 4.35. The molecule has 0 aliphatic heterocycles. The summed E-state index contributed by atoms with van der Waals surface area (Å²) in [4.78, 5) is 11.3. The Morgan fingerprint density at radius 3 is 2.82 bits per heavy atom. The zero-order valence-electron chi connectivity index (χ0n) is 10.2. The summed E-state index contributed by atoms with van der Waals surface area (Å²) in [5.74, 6) is 0.924. The summed E-state index contributed by atoms with van der Waals surface area (Å²) in [5, 5.41) is 8.11. The number of hydrogen-bond donors (Lipinski definition) is 1. The van der Waals surface area contributed by atoms with Gasteiger partial charge in [-0.05, 0) is 19.8 Å². The first-order chi connectivity index (χ1) is 7.95. The van der Waals surface area contributed by atoms with Gasteiger partial charge < -0.3 is 14.9 Å². The Morgan fingerprint density at radius 1 is 1.59 bits per heavy atom. The first-order valence-corrected chi connectivity index (χ1v) is 6.24. The number of carbonyl (C=O) groups is 1. The Balaban J connectivity index is 2.26. The number of nitrogens with two attached hydrogens (primary N) is 1. The van der Waals surface area contributed by atoms with Crippen LogP contribution in [0.3, 0.4) is 0 Å². The number of aryl methyl sites for hydroxylation is 1. The van der Waals surface area contributed by atoms with E-state index in [1.165, 1.54) is 18.9 Å². The van der Waals surface area contributed by atoms with Gasteiger partial charge in [0.25, 0.3) is 5.22 Å². The lowest BCUT2D eigenvalue weighted by Gasteiger charge is -2.20. The summed E-state index contributed by atoms with van der Waals surface area (Å²) < 4.78 is 9.82. The molecule has 0 saturated carbocycles. The Bertz CT molecular complexity index is 379. The molecule has 2 N–H and O–H groups in total. The first kappa shape index (κ1) is 14.0. The van der Waals surface area contributed by atoms with Gasteiger partial charge in [-0.2, -0.15) is 0 Å². The second-order valence-corrected chi connectivity index (χ2v) is 4.99. The van der Waals surface area contributed by atoms with Crippen molar-refractivity contribution in [2.45, 2.75) is 37.5 Å². The van der Waals surface area contributed by atoms with Crippen LogP contribution in [0.1, 0.15) is 25.7 Å². The molecule has 0 bridgehead atoms. The molecule has 1 atom stereocenters. The molecule has 1 aromatic heterocycles. The van der Waals surface area contributed by atoms with E-state index in [-0.39, 0.29) is 0 Å². The van der Waals surface area contributed by atoms with E-state index in [4.69, 9.17) is 10.2 Å². The van der Waals surface area contributed by atoms with Crippen molar-refractivity contribution in [3.63, 3.8) is 0 Å². The minimum Gasteiger partial charge on any atom is -0.468 e. The van der Waals surface area contributed by atoms with Crippen LogP contribution < -0.4 is 5.73 Å². The Kier molecular flexibility index (Phi) is 4.95. The van der Waals surface area contributed by atoms with Crippen LogP contribution in [0.4, 0.5) is 0 Å². The number of methoxy groups -OCH3 is 1. The average molecular weight is 259 g/mol. The van der Waals surface area contributed by atoms with Crippen molar-refractivity contribution in [1.29, 1.82) is 0 Å². The molecule has 0 amide bonds. The number of nitrogens with zero attached hydrogens (tertiary/aromatic N) is 2. The number of esters is 1. The number of ether oxygens (including phenoxy) is 1. The van der Waals surface area contributed by atoms with E-state index in [1.54, 1.807) is 13.8 Å². The normalized spacial score (nSPS) is 14.4. The van der Waals surface area contributed by atoms with E-state index in [0.717, 1.165) is 12.2 Å². The van der Waals surface area contributed by atoms with Crippen LogP contribution in [-0.2, 0) is 9.53 Å². The van der Waals surface area contributed by atoms with Crippen molar-refractivity contribution in [1.82, 2.24) is 10.2 Å². The zero-order chi connectivity index (χ0) is 12.9. The van der Waals surface area contributed by atoms with Gasteiger partial charge in [0, 0.05) is 12.7 Å². The molecule has 7 heteroatoms.